The zero-order valence-corrected chi connectivity index (χ0v) is 23.0. The van der Waals surface area contributed by atoms with Crippen molar-refractivity contribution < 1.29 is 19.1 Å². The molecular weight excluding hydrogens is 531 g/mol. The van der Waals surface area contributed by atoms with Crippen molar-refractivity contribution >= 4 is 59.2 Å². The van der Waals surface area contributed by atoms with Crippen molar-refractivity contribution in [2.75, 3.05) is 5.75 Å². The minimum atomic E-state index is -1.08. The predicted octanol–water partition coefficient (Wildman–Crippen LogP) is 3.97. The van der Waals surface area contributed by atoms with Crippen LogP contribution in [0.1, 0.15) is 25.0 Å². The Labute approximate surface area is 230 Å². The van der Waals surface area contributed by atoms with E-state index >= 15 is 0 Å². The highest BCUT2D eigenvalue weighted by atomic mass is 32.1. The molecule has 0 aliphatic rings. The number of H-pyrrole nitrogens is 1. The van der Waals surface area contributed by atoms with Crippen molar-refractivity contribution in [1.29, 1.82) is 0 Å². The molecule has 0 radical (unpaired) electrons. The van der Waals surface area contributed by atoms with E-state index in [0.717, 1.165) is 16.9 Å². The Kier molecular flexibility index (Phi) is 10.1. The quantitative estimate of drug-likeness (QED) is 0.168. The standard InChI is InChI=1S/C25H29N5O4S3/c1-16(2)20(27-21(31)19(26)15-35)22(32)30(23-28-29-24(36)37-23,13-17-9-5-3-6-10-17)25(33)34-14-18-11-7-4-8-12-18/h3-12,16,19-20H,13-15,26H2,1-2H3,(H2-,27,29,31,35,36)/p+1/t19?,20-,30?/m0/s1. The Morgan fingerprint density at radius 1 is 1.11 bits per heavy atom. The summed E-state index contributed by atoms with van der Waals surface area (Å²) in [7, 11) is 0. The van der Waals surface area contributed by atoms with E-state index in [-0.39, 0.29) is 33.9 Å². The molecule has 37 heavy (non-hydrogen) atoms. The van der Waals surface area contributed by atoms with E-state index in [1.165, 1.54) is 0 Å². The van der Waals surface area contributed by atoms with Crippen LogP contribution in [0, 0.1) is 9.87 Å². The van der Waals surface area contributed by atoms with Crippen LogP contribution in [-0.2, 0) is 27.5 Å². The largest absolute Gasteiger partial charge is 0.531 e. The molecule has 0 aliphatic heterocycles. The molecule has 2 unspecified atom stereocenters. The van der Waals surface area contributed by atoms with Gasteiger partial charge in [-0.1, -0.05) is 79.0 Å². The summed E-state index contributed by atoms with van der Waals surface area (Å²) in [6, 6.07) is 16.2. The number of hydrogen-bond donors (Lipinski definition) is 4. The average molecular weight is 561 g/mol. The molecule has 9 nitrogen and oxygen atoms in total. The van der Waals surface area contributed by atoms with Gasteiger partial charge in [-0.25, -0.2) is 4.79 Å². The van der Waals surface area contributed by atoms with Gasteiger partial charge in [0, 0.05) is 11.3 Å². The summed E-state index contributed by atoms with van der Waals surface area (Å²) in [5.74, 6) is -1.46. The molecular formula is C25H30N5O4S3+. The number of hydrogen-bond acceptors (Lipinski definition) is 9. The number of ether oxygens (including phenoxy) is 1. The highest BCUT2D eigenvalue weighted by Gasteiger charge is 2.55. The highest BCUT2D eigenvalue weighted by Crippen LogP contribution is 2.33. The zero-order chi connectivity index (χ0) is 27.0. The van der Waals surface area contributed by atoms with Gasteiger partial charge >= 0.3 is 17.1 Å². The topological polar surface area (TPSA) is 127 Å². The maximum atomic E-state index is 14.4. The number of imide groups is 1. The van der Waals surface area contributed by atoms with Gasteiger partial charge in [-0.2, -0.15) is 17.4 Å². The lowest BCUT2D eigenvalue weighted by Crippen LogP contribution is -2.66. The number of benzene rings is 2. The van der Waals surface area contributed by atoms with Crippen LogP contribution in [0.4, 0.5) is 9.93 Å². The summed E-state index contributed by atoms with van der Waals surface area (Å²) in [6.07, 6.45) is -0.839. The molecule has 0 spiro atoms. The van der Waals surface area contributed by atoms with Crippen molar-refractivity contribution in [3.8, 4) is 0 Å². The first-order valence-electron chi connectivity index (χ1n) is 11.6. The van der Waals surface area contributed by atoms with Gasteiger partial charge < -0.3 is 15.8 Å². The van der Waals surface area contributed by atoms with Crippen molar-refractivity contribution in [2.45, 2.75) is 39.1 Å². The lowest BCUT2D eigenvalue weighted by molar-refractivity contribution is -0.136. The van der Waals surface area contributed by atoms with Gasteiger partial charge in [0.2, 0.25) is 5.91 Å². The number of amides is 3. The Balaban J connectivity index is 2.13. The molecule has 12 heteroatoms. The van der Waals surface area contributed by atoms with E-state index < -0.39 is 34.5 Å². The van der Waals surface area contributed by atoms with Crippen LogP contribution in [0.2, 0.25) is 0 Å². The predicted molar refractivity (Wildman–Crippen MR) is 149 cm³/mol. The summed E-state index contributed by atoms with van der Waals surface area (Å²) in [4.78, 5) is 41.1. The summed E-state index contributed by atoms with van der Waals surface area (Å²) in [5.41, 5.74) is 7.30. The van der Waals surface area contributed by atoms with E-state index in [0.29, 0.717) is 5.56 Å². The first-order chi connectivity index (χ1) is 17.7. The van der Waals surface area contributed by atoms with Crippen molar-refractivity contribution in [3.63, 3.8) is 0 Å². The minimum Gasteiger partial charge on any atom is -0.414 e. The lowest BCUT2D eigenvalue weighted by atomic mass is 10.0. The van der Waals surface area contributed by atoms with E-state index in [1.807, 2.05) is 48.5 Å². The SMILES string of the molecule is CC(C)[C@H](NC(=O)C(N)CS)C(=O)[N+](Cc1ccccc1)(C(=O)OCc1ccccc1)c1n[nH]c(=S)s1. The fraction of sp³-hybridized carbons (Fsp3) is 0.320. The second kappa shape index (κ2) is 13.1. The number of quaternary nitrogens is 1. The number of aromatic amines is 1. The van der Waals surface area contributed by atoms with Gasteiger partial charge in [0.1, 0.15) is 19.2 Å². The molecule has 3 rings (SSSR count). The van der Waals surface area contributed by atoms with Crippen LogP contribution in [-0.4, -0.2) is 45.9 Å². The summed E-state index contributed by atoms with van der Waals surface area (Å²) >= 11 is 10.3. The van der Waals surface area contributed by atoms with Crippen molar-refractivity contribution in [2.24, 2.45) is 11.7 Å². The first-order valence-corrected chi connectivity index (χ1v) is 13.4. The first kappa shape index (κ1) is 28.7. The Morgan fingerprint density at radius 3 is 2.22 bits per heavy atom. The molecule has 3 aromatic rings. The van der Waals surface area contributed by atoms with Crippen LogP contribution < -0.4 is 15.5 Å². The van der Waals surface area contributed by atoms with Crippen LogP contribution in [0.3, 0.4) is 0 Å². The molecule has 3 amide bonds. The number of nitrogens with two attached hydrogens (primary N) is 1. The van der Waals surface area contributed by atoms with E-state index in [1.54, 1.807) is 26.0 Å². The molecule has 0 bridgehead atoms. The average Bonchev–Trinajstić information content (AvgIpc) is 3.35. The van der Waals surface area contributed by atoms with Crippen LogP contribution in [0.25, 0.3) is 0 Å². The van der Waals surface area contributed by atoms with Gasteiger partial charge in [-0.15, -0.1) is 5.10 Å². The van der Waals surface area contributed by atoms with E-state index in [4.69, 9.17) is 22.7 Å². The molecule has 1 aromatic heterocycles. The molecule has 196 valence electrons. The van der Waals surface area contributed by atoms with Crippen LogP contribution >= 0.6 is 36.2 Å². The molecule has 4 N–H and O–H groups in total. The van der Waals surface area contributed by atoms with Gasteiger partial charge in [-0.05, 0) is 35.0 Å². The zero-order valence-electron chi connectivity index (χ0n) is 20.5. The number of nitrogens with zero attached hydrogens (tertiary/aromatic N) is 2. The summed E-state index contributed by atoms with van der Waals surface area (Å²) in [6.45, 7) is 3.39. The second-order valence-corrected chi connectivity index (χ2v) is 10.8. The van der Waals surface area contributed by atoms with Gasteiger partial charge in [0.15, 0.2) is 3.95 Å². The van der Waals surface area contributed by atoms with Crippen molar-refractivity contribution in [1.82, 2.24) is 20.0 Å². The Morgan fingerprint density at radius 2 is 1.70 bits per heavy atom. The van der Waals surface area contributed by atoms with Gasteiger partial charge in [0.25, 0.3) is 0 Å². The monoisotopic (exact) mass is 560 g/mol. The number of aromatic nitrogens is 2. The van der Waals surface area contributed by atoms with Crippen LogP contribution in [0.5, 0.6) is 0 Å². The van der Waals surface area contributed by atoms with E-state index in [9.17, 15) is 14.4 Å². The van der Waals surface area contributed by atoms with Gasteiger partial charge in [0.05, 0.1) is 6.04 Å². The molecule has 2 aromatic carbocycles. The van der Waals surface area contributed by atoms with Crippen molar-refractivity contribution in [3.05, 3.63) is 75.7 Å². The second-order valence-electron chi connectivity index (χ2n) is 8.75. The molecule has 0 saturated heterocycles. The van der Waals surface area contributed by atoms with Crippen LogP contribution in [0.15, 0.2) is 60.7 Å². The Hall–Kier alpha value is -2.90. The highest BCUT2D eigenvalue weighted by molar-refractivity contribution is 7.80. The number of nitrogens with one attached hydrogen (secondary N) is 2. The molecule has 0 fully saturated rings. The number of carbonyl (C=O) groups is 3. The number of carbonyl (C=O) groups excluding carboxylic acids is 3. The lowest BCUT2D eigenvalue weighted by Gasteiger charge is -2.33. The maximum absolute atomic E-state index is 14.4. The molecule has 3 atom stereocenters. The molecule has 0 aliphatic carbocycles. The minimum absolute atomic E-state index is 0.0548. The normalized spacial score (nSPS) is 14.4. The maximum Gasteiger partial charge on any atom is 0.531 e. The van der Waals surface area contributed by atoms with Gasteiger partial charge in [-0.3, -0.25) is 9.89 Å². The molecule has 1 heterocycles. The molecule has 0 saturated carbocycles. The third-order valence-corrected chi connectivity index (χ3v) is 7.27. The smallest absolute Gasteiger partial charge is 0.414 e. The summed E-state index contributed by atoms with van der Waals surface area (Å²) in [5, 5.41) is 9.74. The third-order valence-electron chi connectivity index (χ3n) is 5.67. The summed E-state index contributed by atoms with van der Waals surface area (Å²) < 4.78 is 5.09. The fourth-order valence-corrected chi connectivity index (χ4v) is 4.81. The third kappa shape index (κ3) is 6.90. The number of thiol groups is 1. The number of rotatable bonds is 10. The van der Waals surface area contributed by atoms with E-state index in [2.05, 4.69) is 28.1 Å². The Bertz CT molecular complexity index is 1270. The fourth-order valence-electron chi connectivity index (χ4n) is 3.64.